The summed E-state index contributed by atoms with van der Waals surface area (Å²) < 4.78 is 0. The van der Waals surface area contributed by atoms with Gasteiger partial charge in [-0.15, -0.1) is 0 Å². The van der Waals surface area contributed by atoms with Crippen molar-refractivity contribution in [2.24, 2.45) is 0 Å². The molecule has 1 aromatic carbocycles. The molecule has 0 saturated heterocycles. The molecule has 3 N–H and O–H groups in total. The molecule has 0 fully saturated rings. The summed E-state index contributed by atoms with van der Waals surface area (Å²) in [6.07, 6.45) is 0.731. The summed E-state index contributed by atoms with van der Waals surface area (Å²) in [4.78, 5) is 23.6. The average molecular weight is 303 g/mol. The molecule has 120 valence electrons. The molecular weight excluding hydrogens is 278 g/mol. The van der Waals surface area contributed by atoms with Crippen molar-refractivity contribution >= 4 is 17.6 Å². The van der Waals surface area contributed by atoms with Gasteiger partial charge in [-0.05, 0) is 58.2 Å². The lowest BCUT2D eigenvalue weighted by Gasteiger charge is -2.20. The van der Waals surface area contributed by atoms with Crippen molar-refractivity contribution in [2.75, 3.05) is 11.9 Å². The second kappa shape index (κ2) is 5.63. The largest absolute Gasteiger partial charge is 0.338 e. The van der Waals surface area contributed by atoms with Crippen LogP contribution in [0.15, 0.2) is 18.2 Å². The fourth-order valence-electron chi connectivity index (χ4n) is 2.48. The average Bonchev–Trinajstić information content (AvgIpc) is 2.59. The molecule has 5 nitrogen and oxygen atoms in total. The zero-order valence-corrected chi connectivity index (χ0v) is 14.0. The Morgan fingerprint density at radius 3 is 2.59 bits per heavy atom. The number of benzene rings is 1. The first-order valence-electron chi connectivity index (χ1n) is 7.60. The van der Waals surface area contributed by atoms with Crippen LogP contribution in [0.4, 0.5) is 10.5 Å². The van der Waals surface area contributed by atoms with Gasteiger partial charge in [-0.1, -0.05) is 12.1 Å². The number of anilines is 1. The Balaban J connectivity index is 1.95. The highest BCUT2D eigenvalue weighted by Gasteiger charge is 2.38. The Bertz CT molecular complexity index is 600. The first-order valence-corrected chi connectivity index (χ1v) is 7.60. The van der Waals surface area contributed by atoms with Crippen LogP contribution >= 0.6 is 0 Å². The van der Waals surface area contributed by atoms with E-state index in [1.54, 1.807) is 0 Å². The van der Waals surface area contributed by atoms with Crippen molar-refractivity contribution in [1.29, 1.82) is 0 Å². The van der Waals surface area contributed by atoms with Gasteiger partial charge in [0, 0.05) is 17.8 Å². The van der Waals surface area contributed by atoms with Gasteiger partial charge in [-0.25, -0.2) is 4.79 Å². The monoisotopic (exact) mass is 303 g/mol. The smallest absolute Gasteiger partial charge is 0.315 e. The summed E-state index contributed by atoms with van der Waals surface area (Å²) in [7, 11) is 0. The van der Waals surface area contributed by atoms with E-state index in [0.717, 1.165) is 23.2 Å². The quantitative estimate of drug-likeness (QED) is 0.803. The summed E-state index contributed by atoms with van der Waals surface area (Å²) in [5, 5.41) is 8.61. The topological polar surface area (TPSA) is 70.2 Å². The lowest BCUT2D eigenvalue weighted by atomic mass is 9.85. The van der Waals surface area contributed by atoms with Crippen LogP contribution in [0.1, 0.15) is 45.7 Å². The van der Waals surface area contributed by atoms with Gasteiger partial charge in [-0.3, -0.25) is 4.79 Å². The fourth-order valence-corrected chi connectivity index (χ4v) is 2.48. The number of carbonyl (C=O) groups is 2. The van der Waals surface area contributed by atoms with Gasteiger partial charge >= 0.3 is 6.03 Å². The van der Waals surface area contributed by atoms with Crippen LogP contribution in [0.25, 0.3) is 0 Å². The third-order valence-electron chi connectivity index (χ3n) is 3.76. The normalized spacial score (nSPS) is 16.0. The molecular formula is C17H25N3O2. The van der Waals surface area contributed by atoms with Crippen molar-refractivity contribution in [2.45, 2.75) is 52.0 Å². The number of nitrogens with one attached hydrogen (secondary N) is 3. The molecule has 0 saturated carbocycles. The summed E-state index contributed by atoms with van der Waals surface area (Å²) in [5.74, 6) is 0.0299. The predicted octanol–water partition coefficient (Wildman–Crippen LogP) is 2.56. The Morgan fingerprint density at radius 2 is 1.95 bits per heavy atom. The maximum atomic E-state index is 11.9. The zero-order chi connectivity index (χ0) is 16.5. The predicted molar refractivity (Wildman–Crippen MR) is 88.1 cm³/mol. The van der Waals surface area contributed by atoms with E-state index in [2.05, 4.69) is 22.0 Å². The van der Waals surface area contributed by atoms with Gasteiger partial charge in [0.1, 0.15) is 0 Å². The maximum absolute atomic E-state index is 11.9. The van der Waals surface area contributed by atoms with Crippen LogP contribution in [0, 0.1) is 0 Å². The number of carbonyl (C=O) groups excluding carboxylic acids is 2. The molecule has 3 amide bonds. The molecule has 0 bridgehead atoms. The van der Waals surface area contributed by atoms with Crippen molar-refractivity contribution in [3.63, 3.8) is 0 Å². The minimum absolute atomic E-state index is 0.0299. The standard InChI is InChI=1S/C17H25N3O2/c1-16(2,3)20-15(22)18-9-8-11-6-7-13-12(10-11)17(4,5)14(21)19-13/h6-7,10H,8-9H2,1-5H3,(H,19,21)(H2,18,20,22). The van der Waals surface area contributed by atoms with Crippen molar-refractivity contribution in [3.8, 4) is 0 Å². The van der Waals surface area contributed by atoms with Gasteiger partial charge in [0.25, 0.3) is 0 Å². The summed E-state index contributed by atoms with van der Waals surface area (Å²) >= 11 is 0. The molecule has 0 atom stereocenters. The zero-order valence-electron chi connectivity index (χ0n) is 14.0. The van der Waals surface area contributed by atoms with Crippen molar-refractivity contribution in [3.05, 3.63) is 29.3 Å². The van der Waals surface area contributed by atoms with E-state index in [0.29, 0.717) is 6.54 Å². The second-order valence-corrected chi connectivity index (χ2v) is 7.34. The number of amides is 3. The van der Waals surface area contributed by atoms with Gasteiger partial charge in [-0.2, -0.15) is 0 Å². The minimum atomic E-state index is -0.498. The summed E-state index contributed by atoms with van der Waals surface area (Å²) in [6.45, 7) is 10.2. The van der Waals surface area contributed by atoms with Gasteiger partial charge in [0.15, 0.2) is 0 Å². The third kappa shape index (κ3) is 3.59. The Labute approximate surface area is 131 Å². The van der Waals surface area contributed by atoms with E-state index < -0.39 is 5.41 Å². The van der Waals surface area contributed by atoms with E-state index in [1.807, 2.05) is 46.8 Å². The van der Waals surface area contributed by atoms with E-state index in [1.165, 1.54) is 0 Å². The molecule has 0 unspecified atom stereocenters. The highest BCUT2D eigenvalue weighted by molar-refractivity contribution is 6.05. The van der Waals surface area contributed by atoms with E-state index in [9.17, 15) is 9.59 Å². The van der Waals surface area contributed by atoms with Crippen LogP contribution in [-0.2, 0) is 16.6 Å². The summed E-state index contributed by atoms with van der Waals surface area (Å²) in [5.41, 5.74) is 2.28. The highest BCUT2D eigenvalue weighted by atomic mass is 16.2. The molecule has 2 rings (SSSR count). The molecule has 5 heteroatoms. The van der Waals surface area contributed by atoms with Gasteiger partial charge in [0.05, 0.1) is 5.41 Å². The molecule has 1 heterocycles. The SMILES string of the molecule is CC(C)(C)NC(=O)NCCc1ccc2c(c1)C(C)(C)C(=O)N2. The molecule has 0 aliphatic carbocycles. The minimum Gasteiger partial charge on any atom is -0.338 e. The third-order valence-corrected chi connectivity index (χ3v) is 3.76. The molecule has 0 spiro atoms. The van der Waals surface area contributed by atoms with Crippen LogP contribution in [0.5, 0.6) is 0 Å². The Morgan fingerprint density at radius 1 is 1.27 bits per heavy atom. The lowest BCUT2D eigenvalue weighted by Crippen LogP contribution is -2.46. The molecule has 1 aliphatic heterocycles. The van der Waals surface area contributed by atoms with Crippen LogP contribution in [0.3, 0.4) is 0 Å². The van der Waals surface area contributed by atoms with Crippen molar-refractivity contribution < 1.29 is 9.59 Å². The number of rotatable bonds is 3. The molecule has 22 heavy (non-hydrogen) atoms. The fraction of sp³-hybridized carbons (Fsp3) is 0.529. The summed E-state index contributed by atoms with van der Waals surface area (Å²) in [6, 6.07) is 5.82. The van der Waals surface area contributed by atoms with E-state index in [4.69, 9.17) is 0 Å². The second-order valence-electron chi connectivity index (χ2n) is 7.34. The van der Waals surface area contributed by atoms with Crippen LogP contribution in [0.2, 0.25) is 0 Å². The molecule has 1 aromatic rings. The van der Waals surface area contributed by atoms with E-state index >= 15 is 0 Å². The number of urea groups is 1. The Kier molecular flexibility index (Phi) is 4.18. The van der Waals surface area contributed by atoms with Gasteiger partial charge < -0.3 is 16.0 Å². The number of hydrogen-bond acceptors (Lipinski definition) is 2. The number of hydrogen-bond donors (Lipinski definition) is 3. The van der Waals surface area contributed by atoms with Crippen LogP contribution in [-0.4, -0.2) is 24.0 Å². The van der Waals surface area contributed by atoms with Gasteiger partial charge in [0.2, 0.25) is 5.91 Å². The molecule has 1 aliphatic rings. The number of fused-ring (bicyclic) bond motifs is 1. The lowest BCUT2D eigenvalue weighted by molar-refractivity contribution is -0.119. The molecule has 0 aromatic heterocycles. The van der Waals surface area contributed by atoms with Crippen molar-refractivity contribution in [1.82, 2.24) is 10.6 Å². The maximum Gasteiger partial charge on any atom is 0.315 e. The molecule has 0 radical (unpaired) electrons. The first kappa shape index (κ1) is 16.3. The first-order chi connectivity index (χ1) is 10.1. The Hall–Kier alpha value is -2.04. The van der Waals surface area contributed by atoms with E-state index in [-0.39, 0.29) is 17.5 Å². The highest BCUT2D eigenvalue weighted by Crippen LogP contribution is 2.37. The van der Waals surface area contributed by atoms with Crippen LogP contribution < -0.4 is 16.0 Å².